The smallest absolute Gasteiger partial charge is 0.277 e. The van der Waals surface area contributed by atoms with E-state index in [1.807, 2.05) is 16.7 Å². The second kappa shape index (κ2) is 4.79. The van der Waals surface area contributed by atoms with E-state index in [1.165, 1.54) is 0 Å². The third-order valence-electron chi connectivity index (χ3n) is 2.48. The first-order valence-electron chi connectivity index (χ1n) is 5.34. The summed E-state index contributed by atoms with van der Waals surface area (Å²) in [5.41, 5.74) is 0.983. The zero-order valence-corrected chi connectivity index (χ0v) is 9.64. The van der Waals surface area contributed by atoms with Crippen LogP contribution in [0.3, 0.4) is 0 Å². The minimum Gasteiger partial charge on any atom is -0.277 e. The van der Waals surface area contributed by atoms with Gasteiger partial charge in [0.1, 0.15) is 0 Å². The molecule has 4 amide bonds. The summed E-state index contributed by atoms with van der Waals surface area (Å²) in [5, 5.41) is 4.07. The standard InChI is InChI=1S/C12H11N3O3/c1-7(13-8-5-3-2-4-6-8)9-10(16)14-12(18)15-11(9)17/h2-6,9H,1H3,(H2,14,15,16,17,18). The van der Waals surface area contributed by atoms with Gasteiger partial charge in [0.05, 0.1) is 5.69 Å². The summed E-state index contributed by atoms with van der Waals surface area (Å²) < 4.78 is 0. The Bertz CT molecular complexity index is 517. The molecule has 0 bridgehead atoms. The number of nitrogens with zero attached hydrogens (tertiary/aromatic N) is 1. The number of aliphatic imine (C=N–C) groups is 1. The van der Waals surface area contributed by atoms with Gasteiger partial charge in [-0.2, -0.15) is 0 Å². The first-order valence-corrected chi connectivity index (χ1v) is 5.34. The van der Waals surface area contributed by atoms with Gasteiger partial charge < -0.3 is 0 Å². The van der Waals surface area contributed by atoms with Gasteiger partial charge >= 0.3 is 6.03 Å². The second-order valence-corrected chi connectivity index (χ2v) is 3.83. The number of barbiturate groups is 1. The number of para-hydroxylation sites is 1. The van der Waals surface area contributed by atoms with Gasteiger partial charge in [-0.3, -0.25) is 25.2 Å². The fourth-order valence-electron chi connectivity index (χ4n) is 1.67. The molecule has 0 saturated carbocycles. The van der Waals surface area contributed by atoms with Gasteiger partial charge in [-0.25, -0.2) is 4.79 Å². The minimum atomic E-state index is -1.07. The number of carbonyl (C=O) groups excluding carboxylic acids is 3. The van der Waals surface area contributed by atoms with Crippen LogP contribution in [0.2, 0.25) is 0 Å². The highest BCUT2D eigenvalue weighted by molar-refractivity contribution is 6.27. The fraction of sp³-hybridized carbons (Fsp3) is 0.167. The maximum absolute atomic E-state index is 11.6. The molecule has 0 aliphatic carbocycles. The topological polar surface area (TPSA) is 87.6 Å². The molecular formula is C12H11N3O3. The summed E-state index contributed by atoms with van der Waals surface area (Å²) in [7, 11) is 0. The van der Waals surface area contributed by atoms with Crippen LogP contribution in [0.4, 0.5) is 10.5 Å². The number of urea groups is 1. The van der Waals surface area contributed by atoms with E-state index in [-0.39, 0.29) is 0 Å². The molecule has 1 aromatic carbocycles. The summed E-state index contributed by atoms with van der Waals surface area (Å²) >= 11 is 0. The molecule has 92 valence electrons. The van der Waals surface area contributed by atoms with Crippen molar-refractivity contribution in [2.24, 2.45) is 10.9 Å². The van der Waals surface area contributed by atoms with E-state index in [4.69, 9.17) is 0 Å². The molecule has 2 N–H and O–H groups in total. The Morgan fingerprint density at radius 2 is 1.61 bits per heavy atom. The predicted octanol–water partition coefficient (Wildman–Crippen LogP) is 0.761. The molecule has 2 rings (SSSR count). The van der Waals surface area contributed by atoms with E-state index in [0.29, 0.717) is 11.4 Å². The average Bonchev–Trinajstić information content (AvgIpc) is 2.28. The summed E-state index contributed by atoms with van der Waals surface area (Å²) in [6.45, 7) is 1.58. The van der Waals surface area contributed by atoms with E-state index in [0.717, 1.165) is 0 Å². The molecule has 0 radical (unpaired) electrons. The largest absolute Gasteiger partial charge is 0.328 e. The fourth-order valence-corrected chi connectivity index (χ4v) is 1.67. The zero-order chi connectivity index (χ0) is 13.1. The molecule has 6 heteroatoms. The van der Waals surface area contributed by atoms with Gasteiger partial charge in [0.25, 0.3) is 0 Å². The van der Waals surface area contributed by atoms with Gasteiger partial charge in [0.2, 0.25) is 11.8 Å². The van der Waals surface area contributed by atoms with E-state index in [1.54, 1.807) is 31.2 Å². The molecule has 0 atom stereocenters. The highest BCUT2D eigenvalue weighted by atomic mass is 16.2. The quantitative estimate of drug-likeness (QED) is 0.595. The molecule has 6 nitrogen and oxygen atoms in total. The van der Waals surface area contributed by atoms with Gasteiger partial charge in [0.15, 0.2) is 5.92 Å². The van der Waals surface area contributed by atoms with Crippen molar-refractivity contribution in [1.29, 1.82) is 0 Å². The van der Waals surface area contributed by atoms with Crippen molar-refractivity contribution >= 4 is 29.2 Å². The summed E-state index contributed by atoms with van der Waals surface area (Å²) in [4.78, 5) is 38.2. The van der Waals surface area contributed by atoms with Crippen LogP contribution < -0.4 is 10.6 Å². The Balaban J connectivity index is 2.25. The highest BCUT2D eigenvalue weighted by Crippen LogP contribution is 2.14. The number of amides is 4. The molecule has 1 fully saturated rings. The molecular weight excluding hydrogens is 234 g/mol. The number of imide groups is 2. The van der Waals surface area contributed by atoms with Crippen molar-refractivity contribution in [3.8, 4) is 0 Å². The Morgan fingerprint density at radius 3 is 2.17 bits per heavy atom. The summed E-state index contributed by atoms with van der Waals surface area (Å²) in [6, 6.07) is 8.16. The highest BCUT2D eigenvalue weighted by Gasteiger charge is 2.36. The Hall–Kier alpha value is -2.50. The normalized spacial score (nSPS) is 17.4. The van der Waals surface area contributed by atoms with E-state index >= 15 is 0 Å². The van der Waals surface area contributed by atoms with Gasteiger partial charge in [-0.05, 0) is 19.1 Å². The van der Waals surface area contributed by atoms with E-state index < -0.39 is 23.8 Å². The Labute approximate surface area is 103 Å². The third kappa shape index (κ3) is 2.42. The first-order chi connectivity index (χ1) is 8.58. The average molecular weight is 245 g/mol. The van der Waals surface area contributed by atoms with E-state index in [2.05, 4.69) is 4.99 Å². The number of rotatable bonds is 2. The predicted molar refractivity (Wildman–Crippen MR) is 64.4 cm³/mol. The van der Waals surface area contributed by atoms with Gasteiger partial charge in [-0.15, -0.1) is 0 Å². The maximum atomic E-state index is 11.6. The maximum Gasteiger partial charge on any atom is 0.328 e. The minimum absolute atomic E-state index is 0.337. The van der Waals surface area contributed by atoms with Gasteiger partial charge in [0, 0.05) is 5.71 Å². The van der Waals surface area contributed by atoms with Crippen molar-refractivity contribution in [3.63, 3.8) is 0 Å². The van der Waals surface area contributed by atoms with Crippen LogP contribution in [0.1, 0.15) is 6.92 Å². The molecule has 1 aliphatic rings. The van der Waals surface area contributed by atoms with Crippen molar-refractivity contribution < 1.29 is 14.4 Å². The van der Waals surface area contributed by atoms with Crippen molar-refractivity contribution in [2.45, 2.75) is 6.92 Å². The molecule has 1 aromatic rings. The van der Waals surface area contributed by atoms with Crippen LogP contribution in [0.15, 0.2) is 35.3 Å². The van der Waals surface area contributed by atoms with Crippen LogP contribution >= 0.6 is 0 Å². The van der Waals surface area contributed by atoms with Crippen LogP contribution in [0.5, 0.6) is 0 Å². The van der Waals surface area contributed by atoms with E-state index in [9.17, 15) is 14.4 Å². The first kappa shape index (κ1) is 12.0. The number of carbonyl (C=O) groups is 3. The van der Waals surface area contributed by atoms with Crippen LogP contribution in [-0.2, 0) is 9.59 Å². The molecule has 0 unspecified atom stereocenters. The third-order valence-corrected chi connectivity index (χ3v) is 2.48. The Morgan fingerprint density at radius 1 is 1.06 bits per heavy atom. The lowest BCUT2D eigenvalue weighted by molar-refractivity contribution is -0.132. The summed E-state index contributed by atoms with van der Waals surface area (Å²) in [5.74, 6) is -2.37. The second-order valence-electron chi connectivity index (χ2n) is 3.83. The molecule has 0 spiro atoms. The lowest BCUT2D eigenvalue weighted by Gasteiger charge is -2.20. The molecule has 0 aromatic heterocycles. The van der Waals surface area contributed by atoms with Gasteiger partial charge in [-0.1, -0.05) is 18.2 Å². The number of benzene rings is 1. The van der Waals surface area contributed by atoms with Crippen molar-refractivity contribution in [3.05, 3.63) is 30.3 Å². The monoisotopic (exact) mass is 245 g/mol. The molecule has 1 saturated heterocycles. The number of nitrogens with one attached hydrogen (secondary N) is 2. The molecule has 18 heavy (non-hydrogen) atoms. The van der Waals surface area contributed by atoms with Crippen LogP contribution in [0, 0.1) is 5.92 Å². The molecule has 1 heterocycles. The van der Waals surface area contributed by atoms with Crippen molar-refractivity contribution in [1.82, 2.24) is 10.6 Å². The van der Waals surface area contributed by atoms with Crippen LogP contribution in [-0.4, -0.2) is 23.6 Å². The SMILES string of the molecule is CC(=Nc1ccccc1)C1C(=O)NC(=O)NC1=O. The number of hydrogen-bond donors (Lipinski definition) is 2. The Kier molecular flexibility index (Phi) is 3.18. The van der Waals surface area contributed by atoms with Crippen molar-refractivity contribution in [2.75, 3.05) is 0 Å². The lowest BCUT2D eigenvalue weighted by atomic mass is 10.0. The lowest BCUT2D eigenvalue weighted by Crippen LogP contribution is -2.57. The molecule has 1 aliphatic heterocycles. The zero-order valence-electron chi connectivity index (χ0n) is 9.64. The van der Waals surface area contributed by atoms with Crippen LogP contribution in [0.25, 0.3) is 0 Å². The number of hydrogen-bond acceptors (Lipinski definition) is 4. The summed E-state index contributed by atoms with van der Waals surface area (Å²) in [6.07, 6.45) is 0.